The van der Waals surface area contributed by atoms with Gasteiger partial charge in [0.1, 0.15) is 12.1 Å². The molecule has 0 radical (unpaired) electrons. The summed E-state index contributed by atoms with van der Waals surface area (Å²) < 4.78 is 32.6. The molecule has 0 amide bonds. The van der Waals surface area contributed by atoms with Gasteiger partial charge < -0.3 is 4.55 Å². The van der Waals surface area contributed by atoms with Gasteiger partial charge in [0.25, 0.3) is 0 Å². The summed E-state index contributed by atoms with van der Waals surface area (Å²) in [6, 6.07) is 3.60. The van der Waals surface area contributed by atoms with Crippen molar-refractivity contribution in [3.05, 3.63) is 29.5 Å². The van der Waals surface area contributed by atoms with Crippen LogP contribution in [0.2, 0.25) is 5.02 Å². The Kier molecular flexibility index (Phi) is 6.18. The normalized spacial score (nSPS) is 10.1. The molecule has 0 aromatic carbocycles. The monoisotopic (exact) mass is 255 g/mol. The molecule has 0 fully saturated rings. The fourth-order valence-corrected chi connectivity index (χ4v) is 0.710. The Bertz CT molecular complexity index is 394. The summed E-state index contributed by atoms with van der Waals surface area (Å²) >= 11 is 5.62. The van der Waals surface area contributed by atoms with Crippen molar-refractivity contribution in [2.45, 2.75) is 0 Å². The zero-order chi connectivity index (χ0) is 11.9. The maximum Gasteiger partial charge on any atom is 0.240 e. The molecule has 0 unspecified atom stereocenters. The summed E-state index contributed by atoms with van der Waals surface area (Å²) in [6.45, 7) is 0. The van der Waals surface area contributed by atoms with Gasteiger partial charge in [0.2, 0.25) is 22.8 Å². The molecule has 0 aliphatic heterocycles. The summed E-state index contributed by atoms with van der Waals surface area (Å²) in [6.07, 6.45) is 3.45. The molecule has 1 heterocycles. The van der Waals surface area contributed by atoms with Gasteiger partial charge in [-0.15, -0.1) is 0 Å². The van der Waals surface area contributed by atoms with E-state index in [1.165, 1.54) is 4.73 Å². The highest BCUT2D eigenvalue weighted by molar-refractivity contribution is 7.80. The lowest BCUT2D eigenvalue weighted by atomic mass is 10.5. The molecule has 0 aliphatic rings. The van der Waals surface area contributed by atoms with Crippen molar-refractivity contribution in [2.75, 3.05) is 14.2 Å². The van der Waals surface area contributed by atoms with Gasteiger partial charge in [-0.2, -0.15) is 0 Å². The number of rotatable bonds is 2. The van der Waals surface area contributed by atoms with E-state index in [2.05, 4.69) is 4.18 Å². The van der Waals surface area contributed by atoms with Crippen LogP contribution in [0.25, 0.3) is 0 Å². The van der Waals surface area contributed by atoms with Gasteiger partial charge >= 0.3 is 0 Å². The average Bonchev–Trinajstić information content (AvgIpc) is 2.18. The Hall–Kier alpha value is -0.890. The van der Waals surface area contributed by atoms with Crippen molar-refractivity contribution in [1.82, 2.24) is 0 Å². The summed E-state index contributed by atoms with van der Waals surface area (Å²) in [5.41, 5.74) is 0. The van der Waals surface area contributed by atoms with Crippen molar-refractivity contribution in [3.8, 4) is 0 Å². The third kappa shape index (κ3) is 8.13. The van der Waals surface area contributed by atoms with Gasteiger partial charge in [-0.05, 0) is 6.07 Å². The van der Waals surface area contributed by atoms with Crippen LogP contribution in [-0.4, -0.2) is 27.2 Å². The van der Waals surface area contributed by atoms with Gasteiger partial charge in [-0.1, -0.05) is 11.6 Å². The molecule has 0 aliphatic carbocycles. The zero-order valence-electron chi connectivity index (χ0n) is 8.08. The first-order valence-electron chi connectivity index (χ1n) is 3.62. The topological polar surface area (TPSA) is 79.5 Å². The Balaban J connectivity index is 0.000000288. The number of hydrogen-bond acceptors (Lipinski definition) is 5. The fraction of sp³-hybridized carbons (Fsp3) is 0.286. The van der Waals surface area contributed by atoms with Crippen molar-refractivity contribution in [2.24, 2.45) is 0 Å². The molecule has 0 saturated carbocycles. The number of hydrogen-bond donors (Lipinski definition) is 0. The molecule has 1 rings (SSSR count). The molecule has 0 N–H and O–H groups in total. The lowest BCUT2D eigenvalue weighted by Crippen LogP contribution is -2.39. The van der Waals surface area contributed by atoms with E-state index in [1.807, 2.05) is 6.07 Å². The van der Waals surface area contributed by atoms with E-state index in [9.17, 15) is 13.0 Å². The smallest absolute Gasteiger partial charge is 0.240 e. The molecular formula is C7H10ClNO5S. The van der Waals surface area contributed by atoms with Crippen molar-refractivity contribution >= 4 is 22.0 Å². The van der Waals surface area contributed by atoms with Crippen molar-refractivity contribution < 1.29 is 26.7 Å². The third-order valence-electron chi connectivity index (χ3n) is 1.15. The van der Waals surface area contributed by atoms with Gasteiger partial charge in [0.05, 0.1) is 7.11 Å². The molecule has 1 aromatic rings. The van der Waals surface area contributed by atoms with Crippen LogP contribution in [0.3, 0.4) is 0 Å². The van der Waals surface area contributed by atoms with Gasteiger partial charge in [0.15, 0.2) is 0 Å². The van der Waals surface area contributed by atoms with E-state index in [4.69, 9.17) is 16.4 Å². The SMILES string of the molecule is COS(=O)(=O)[O-].CO[n+]1cccc(Cl)c1. The molecule has 0 bridgehead atoms. The van der Waals surface area contributed by atoms with E-state index in [0.29, 0.717) is 5.02 Å². The quantitative estimate of drug-likeness (QED) is 0.415. The van der Waals surface area contributed by atoms with Crippen LogP contribution >= 0.6 is 11.6 Å². The molecule has 86 valence electrons. The summed E-state index contributed by atoms with van der Waals surface area (Å²) in [7, 11) is -2.02. The molecule has 0 atom stereocenters. The van der Waals surface area contributed by atoms with Gasteiger partial charge in [-0.25, -0.2) is 8.42 Å². The highest BCUT2D eigenvalue weighted by Gasteiger charge is 1.96. The lowest BCUT2D eigenvalue weighted by Gasteiger charge is -1.98. The fourth-order valence-electron chi connectivity index (χ4n) is 0.541. The summed E-state index contributed by atoms with van der Waals surface area (Å²) in [5, 5.41) is 0.666. The predicted molar refractivity (Wildman–Crippen MR) is 50.9 cm³/mol. The number of nitrogens with zero attached hydrogens (tertiary/aromatic N) is 1. The number of aromatic nitrogens is 1. The summed E-state index contributed by atoms with van der Waals surface area (Å²) in [4.78, 5) is 4.83. The van der Waals surface area contributed by atoms with Crippen LogP contribution in [-0.2, 0) is 14.6 Å². The van der Waals surface area contributed by atoms with Crippen LogP contribution in [0, 0.1) is 0 Å². The molecule has 15 heavy (non-hydrogen) atoms. The van der Waals surface area contributed by atoms with Crippen LogP contribution < -0.4 is 9.57 Å². The van der Waals surface area contributed by atoms with Crippen LogP contribution in [0.1, 0.15) is 0 Å². The number of pyridine rings is 1. The van der Waals surface area contributed by atoms with E-state index >= 15 is 0 Å². The van der Waals surface area contributed by atoms with E-state index in [0.717, 1.165) is 7.11 Å². The maximum absolute atomic E-state index is 9.22. The van der Waals surface area contributed by atoms with Crippen molar-refractivity contribution in [3.63, 3.8) is 0 Å². The van der Waals surface area contributed by atoms with E-state index in [-0.39, 0.29) is 0 Å². The largest absolute Gasteiger partial charge is 0.726 e. The first-order valence-corrected chi connectivity index (χ1v) is 5.33. The molecule has 1 aromatic heterocycles. The Morgan fingerprint density at radius 1 is 1.47 bits per heavy atom. The lowest BCUT2D eigenvalue weighted by molar-refractivity contribution is -0.885. The van der Waals surface area contributed by atoms with Crippen LogP contribution in [0.4, 0.5) is 0 Å². The van der Waals surface area contributed by atoms with Gasteiger partial charge in [0, 0.05) is 10.8 Å². The van der Waals surface area contributed by atoms with Crippen LogP contribution in [0.5, 0.6) is 0 Å². The maximum atomic E-state index is 9.22. The minimum absolute atomic E-state index is 0.666. The first kappa shape index (κ1) is 14.1. The average molecular weight is 256 g/mol. The second-order valence-electron chi connectivity index (χ2n) is 2.14. The van der Waals surface area contributed by atoms with E-state index in [1.54, 1.807) is 25.6 Å². The van der Waals surface area contributed by atoms with Crippen molar-refractivity contribution in [1.29, 1.82) is 0 Å². The Labute approximate surface area is 92.9 Å². The third-order valence-corrected chi connectivity index (χ3v) is 1.79. The summed E-state index contributed by atoms with van der Waals surface area (Å²) in [5.74, 6) is 0. The zero-order valence-corrected chi connectivity index (χ0v) is 9.66. The highest BCUT2D eigenvalue weighted by Crippen LogP contribution is 2.00. The second kappa shape index (κ2) is 6.57. The standard InChI is InChI=1S/C6H7ClNO.CH4O4S/c1-9-8-4-2-3-6(7)5-8;1-5-6(2,3)4/h2-5H,1H3;1H3,(H,2,3,4)/q+1;/p-1. The van der Waals surface area contributed by atoms with Gasteiger partial charge in [-0.3, -0.25) is 9.02 Å². The second-order valence-corrected chi connectivity index (χ2v) is 3.73. The molecule has 0 saturated heterocycles. The minimum atomic E-state index is -4.41. The van der Waals surface area contributed by atoms with Crippen LogP contribution in [0.15, 0.2) is 24.5 Å². The molecular weight excluding hydrogens is 246 g/mol. The molecule has 6 nitrogen and oxygen atoms in total. The minimum Gasteiger partial charge on any atom is -0.726 e. The molecule has 8 heteroatoms. The Morgan fingerprint density at radius 3 is 2.27 bits per heavy atom. The first-order chi connectivity index (χ1) is 6.89. The predicted octanol–water partition coefficient (Wildman–Crippen LogP) is -0.221. The Morgan fingerprint density at radius 2 is 2.00 bits per heavy atom. The number of halogens is 1. The highest BCUT2D eigenvalue weighted by atomic mass is 35.5. The van der Waals surface area contributed by atoms with E-state index < -0.39 is 10.4 Å². The molecule has 0 spiro atoms.